The van der Waals surface area contributed by atoms with Gasteiger partial charge in [0.25, 0.3) is 0 Å². The lowest BCUT2D eigenvalue weighted by Crippen LogP contribution is -1.99. The van der Waals surface area contributed by atoms with Crippen LogP contribution in [-0.4, -0.2) is 14.8 Å². The Morgan fingerprint density at radius 2 is 1.77 bits per heavy atom. The number of pyridine rings is 1. The lowest BCUT2D eigenvalue weighted by atomic mass is 10.2. The van der Waals surface area contributed by atoms with Crippen LogP contribution in [-0.2, 0) is 0 Å². The second-order valence-corrected chi connectivity index (χ2v) is 4.90. The van der Waals surface area contributed by atoms with Gasteiger partial charge in [0.2, 0.25) is 0 Å². The van der Waals surface area contributed by atoms with Crippen LogP contribution in [0.3, 0.4) is 0 Å². The molecule has 22 heavy (non-hydrogen) atoms. The third-order valence-corrected chi connectivity index (χ3v) is 3.34. The molecule has 0 aliphatic rings. The summed E-state index contributed by atoms with van der Waals surface area (Å²) in [6, 6.07) is 11.9. The van der Waals surface area contributed by atoms with E-state index in [1.807, 2.05) is 32.0 Å². The molecule has 0 saturated heterocycles. The zero-order valence-electron chi connectivity index (χ0n) is 12.3. The second-order valence-electron chi connectivity index (χ2n) is 4.90. The molecule has 0 aliphatic carbocycles. The Morgan fingerprint density at radius 3 is 2.45 bits per heavy atom. The highest BCUT2D eigenvalue weighted by Crippen LogP contribution is 2.17. The molecule has 2 aromatic heterocycles. The minimum atomic E-state index is -0.263. The minimum absolute atomic E-state index is 0.263. The molecule has 3 aromatic rings. The highest BCUT2D eigenvalue weighted by Gasteiger charge is 2.11. The summed E-state index contributed by atoms with van der Waals surface area (Å²) in [7, 11) is 0. The summed E-state index contributed by atoms with van der Waals surface area (Å²) in [6.07, 6.45) is 1.71. The molecule has 0 amide bonds. The fourth-order valence-electron chi connectivity index (χ4n) is 2.22. The minimum Gasteiger partial charge on any atom is -0.248 e. The first-order chi connectivity index (χ1) is 10.6. The number of hydrogen-bond donors (Lipinski definition) is 0. The molecule has 0 fully saturated rings. The van der Waals surface area contributed by atoms with Crippen LogP contribution in [0.15, 0.2) is 48.7 Å². The summed E-state index contributed by atoms with van der Waals surface area (Å²) >= 11 is 0. The van der Waals surface area contributed by atoms with Crippen LogP contribution in [0, 0.1) is 31.5 Å². The largest absolute Gasteiger partial charge is 0.248 e. The molecule has 1 aromatic carbocycles. The maximum absolute atomic E-state index is 13.0. The van der Waals surface area contributed by atoms with E-state index >= 15 is 0 Å². The SMILES string of the molecule is Cc1nn(-c2ccc(F)cc2)c(C)c1C#Cc1ccccn1. The summed E-state index contributed by atoms with van der Waals surface area (Å²) in [4.78, 5) is 4.19. The van der Waals surface area contributed by atoms with E-state index in [1.165, 1.54) is 12.1 Å². The van der Waals surface area contributed by atoms with Gasteiger partial charge in [-0.15, -0.1) is 0 Å². The predicted molar refractivity (Wildman–Crippen MR) is 83.2 cm³/mol. The van der Waals surface area contributed by atoms with Gasteiger partial charge in [-0.1, -0.05) is 12.0 Å². The van der Waals surface area contributed by atoms with Gasteiger partial charge in [0.15, 0.2) is 0 Å². The van der Waals surface area contributed by atoms with Gasteiger partial charge >= 0.3 is 0 Å². The molecule has 3 nitrogen and oxygen atoms in total. The Hall–Kier alpha value is -2.93. The monoisotopic (exact) mass is 291 g/mol. The van der Waals surface area contributed by atoms with Crippen molar-refractivity contribution in [2.45, 2.75) is 13.8 Å². The first-order valence-corrected chi connectivity index (χ1v) is 6.90. The van der Waals surface area contributed by atoms with E-state index in [-0.39, 0.29) is 5.82 Å². The van der Waals surface area contributed by atoms with Crippen molar-refractivity contribution in [3.8, 4) is 17.5 Å². The Labute approximate surface area is 128 Å². The Kier molecular flexibility index (Phi) is 3.71. The maximum atomic E-state index is 13.0. The highest BCUT2D eigenvalue weighted by atomic mass is 19.1. The zero-order chi connectivity index (χ0) is 15.5. The van der Waals surface area contributed by atoms with Crippen molar-refractivity contribution < 1.29 is 4.39 Å². The average Bonchev–Trinajstić information content (AvgIpc) is 2.82. The molecule has 0 radical (unpaired) electrons. The molecule has 3 rings (SSSR count). The third-order valence-electron chi connectivity index (χ3n) is 3.34. The molecule has 4 heteroatoms. The molecule has 0 N–H and O–H groups in total. The van der Waals surface area contributed by atoms with Crippen molar-refractivity contribution in [1.29, 1.82) is 0 Å². The molecule has 0 atom stereocenters. The zero-order valence-corrected chi connectivity index (χ0v) is 12.3. The summed E-state index contributed by atoms with van der Waals surface area (Å²) in [5, 5.41) is 4.49. The Morgan fingerprint density at radius 1 is 1.00 bits per heavy atom. The summed E-state index contributed by atoms with van der Waals surface area (Å²) < 4.78 is 14.8. The van der Waals surface area contributed by atoms with Crippen LogP contribution < -0.4 is 0 Å². The highest BCUT2D eigenvalue weighted by molar-refractivity contribution is 5.47. The number of aromatic nitrogens is 3. The van der Waals surface area contributed by atoms with E-state index in [4.69, 9.17) is 0 Å². The first-order valence-electron chi connectivity index (χ1n) is 6.90. The molecule has 0 aliphatic heterocycles. The van der Waals surface area contributed by atoms with Crippen molar-refractivity contribution in [3.63, 3.8) is 0 Å². The van der Waals surface area contributed by atoms with E-state index in [1.54, 1.807) is 23.0 Å². The first kappa shape index (κ1) is 14.0. The molecule has 108 valence electrons. The van der Waals surface area contributed by atoms with E-state index in [0.29, 0.717) is 0 Å². The van der Waals surface area contributed by atoms with Gasteiger partial charge in [0, 0.05) is 6.20 Å². The van der Waals surface area contributed by atoms with Gasteiger partial charge in [-0.05, 0) is 56.2 Å². The number of halogens is 1. The normalized spacial score (nSPS) is 10.1. The molecular weight excluding hydrogens is 277 g/mol. The smallest absolute Gasteiger partial charge is 0.123 e. The lowest BCUT2D eigenvalue weighted by molar-refractivity contribution is 0.627. The van der Waals surface area contributed by atoms with Crippen molar-refractivity contribution in [2.75, 3.05) is 0 Å². The third kappa shape index (κ3) is 2.75. The molecule has 0 spiro atoms. The van der Waals surface area contributed by atoms with E-state index in [9.17, 15) is 4.39 Å². The number of aryl methyl sites for hydroxylation is 1. The lowest BCUT2D eigenvalue weighted by Gasteiger charge is -2.03. The van der Waals surface area contributed by atoms with E-state index < -0.39 is 0 Å². The van der Waals surface area contributed by atoms with Crippen LogP contribution in [0.5, 0.6) is 0 Å². The fourth-order valence-corrected chi connectivity index (χ4v) is 2.22. The van der Waals surface area contributed by atoms with E-state index in [2.05, 4.69) is 21.9 Å². The maximum Gasteiger partial charge on any atom is 0.123 e. The van der Waals surface area contributed by atoms with Gasteiger partial charge in [-0.2, -0.15) is 5.10 Å². The summed E-state index contributed by atoms with van der Waals surface area (Å²) in [5.41, 5.74) is 4.16. The quantitative estimate of drug-likeness (QED) is 0.643. The average molecular weight is 291 g/mol. The topological polar surface area (TPSA) is 30.7 Å². The van der Waals surface area contributed by atoms with Gasteiger partial charge in [-0.25, -0.2) is 14.1 Å². The van der Waals surface area contributed by atoms with Crippen LogP contribution in [0.1, 0.15) is 22.6 Å². The van der Waals surface area contributed by atoms with Crippen molar-refractivity contribution in [1.82, 2.24) is 14.8 Å². The van der Waals surface area contributed by atoms with Crippen LogP contribution in [0.4, 0.5) is 4.39 Å². The second kappa shape index (κ2) is 5.82. The van der Waals surface area contributed by atoms with Crippen LogP contribution >= 0.6 is 0 Å². The molecule has 2 heterocycles. The molecule has 0 bridgehead atoms. The molecule has 0 unspecified atom stereocenters. The summed E-state index contributed by atoms with van der Waals surface area (Å²) in [6.45, 7) is 3.86. The Bertz CT molecular complexity index is 853. The van der Waals surface area contributed by atoms with Crippen LogP contribution in [0.2, 0.25) is 0 Å². The molecular formula is C18H14FN3. The van der Waals surface area contributed by atoms with Gasteiger partial charge in [0.1, 0.15) is 11.5 Å². The number of nitrogens with zero attached hydrogens (tertiary/aromatic N) is 3. The van der Waals surface area contributed by atoms with E-state index in [0.717, 1.165) is 28.3 Å². The summed E-state index contributed by atoms with van der Waals surface area (Å²) in [5.74, 6) is 5.91. The molecule has 0 saturated carbocycles. The fraction of sp³-hybridized carbons (Fsp3) is 0.111. The predicted octanol–water partition coefficient (Wildman–Crippen LogP) is 3.42. The number of rotatable bonds is 1. The van der Waals surface area contributed by atoms with Gasteiger partial charge in [0.05, 0.1) is 22.6 Å². The number of hydrogen-bond acceptors (Lipinski definition) is 2. The van der Waals surface area contributed by atoms with Crippen molar-refractivity contribution in [3.05, 3.63) is 77.1 Å². The standard InChI is InChI=1S/C18H14FN3/c1-13-18(11-8-16-5-3-4-12-20-16)14(2)22(21-13)17-9-6-15(19)7-10-17/h3-7,9-10,12H,1-2H3. The van der Waals surface area contributed by atoms with Gasteiger partial charge < -0.3 is 0 Å². The van der Waals surface area contributed by atoms with Crippen molar-refractivity contribution in [2.24, 2.45) is 0 Å². The number of benzene rings is 1. The van der Waals surface area contributed by atoms with Crippen LogP contribution in [0.25, 0.3) is 5.69 Å². The Balaban J connectivity index is 2.01. The van der Waals surface area contributed by atoms with Gasteiger partial charge in [-0.3, -0.25) is 0 Å². The van der Waals surface area contributed by atoms with Crippen molar-refractivity contribution >= 4 is 0 Å².